The highest BCUT2D eigenvalue weighted by Crippen LogP contribution is 2.34. The van der Waals surface area contributed by atoms with E-state index in [1.807, 2.05) is 6.92 Å². The van der Waals surface area contributed by atoms with Crippen LogP contribution >= 0.6 is 0 Å². The van der Waals surface area contributed by atoms with E-state index in [1.165, 1.54) is 12.1 Å². The van der Waals surface area contributed by atoms with E-state index >= 15 is 0 Å². The van der Waals surface area contributed by atoms with E-state index in [-0.39, 0.29) is 5.92 Å². The first-order valence-corrected chi connectivity index (χ1v) is 5.94. The first-order chi connectivity index (χ1) is 8.54. The van der Waals surface area contributed by atoms with Gasteiger partial charge in [-0.2, -0.15) is 13.2 Å². The van der Waals surface area contributed by atoms with Gasteiger partial charge in [0.1, 0.15) is 0 Å². The smallest absolute Gasteiger partial charge is 0.416 e. The SMILES string of the molecule is CC(CC(C)(C)C(=O)O)c1ccc(C(F)(F)F)cc1. The fourth-order valence-corrected chi connectivity index (χ4v) is 1.97. The Morgan fingerprint density at radius 2 is 1.68 bits per heavy atom. The molecule has 0 aliphatic carbocycles. The van der Waals surface area contributed by atoms with E-state index in [4.69, 9.17) is 5.11 Å². The molecule has 1 aromatic rings. The molecule has 0 fully saturated rings. The van der Waals surface area contributed by atoms with Crippen LogP contribution in [0.3, 0.4) is 0 Å². The van der Waals surface area contributed by atoms with Gasteiger partial charge < -0.3 is 5.11 Å². The van der Waals surface area contributed by atoms with Gasteiger partial charge >= 0.3 is 12.1 Å². The molecule has 1 aromatic carbocycles. The van der Waals surface area contributed by atoms with E-state index in [0.717, 1.165) is 12.1 Å². The average Bonchev–Trinajstić information content (AvgIpc) is 2.27. The monoisotopic (exact) mass is 274 g/mol. The molecule has 1 rings (SSSR count). The van der Waals surface area contributed by atoms with Crippen molar-refractivity contribution in [1.29, 1.82) is 0 Å². The Balaban J connectivity index is 2.85. The van der Waals surface area contributed by atoms with Gasteiger partial charge in [-0.1, -0.05) is 19.1 Å². The summed E-state index contributed by atoms with van der Waals surface area (Å²) in [5.74, 6) is -1.03. The summed E-state index contributed by atoms with van der Waals surface area (Å²) >= 11 is 0. The zero-order valence-electron chi connectivity index (χ0n) is 11.1. The van der Waals surface area contributed by atoms with Gasteiger partial charge in [0.2, 0.25) is 0 Å². The molecule has 0 radical (unpaired) electrons. The number of carboxylic acid groups (broad SMARTS) is 1. The largest absolute Gasteiger partial charge is 0.481 e. The Labute approximate surface area is 110 Å². The number of rotatable bonds is 4. The maximum atomic E-state index is 12.4. The van der Waals surface area contributed by atoms with Crippen molar-refractivity contribution in [2.75, 3.05) is 0 Å². The highest BCUT2D eigenvalue weighted by molar-refractivity contribution is 5.73. The zero-order chi connectivity index (χ0) is 14.8. The number of carbonyl (C=O) groups is 1. The lowest BCUT2D eigenvalue weighted by molar-refractivity contribution is -0.147. The Morgan fingerprint density at radius 3 is 2.05 bits per heavy atom. The van der Waals surface area contributed by atoms with Gasteiger partial charge in [0.15, 0.2) is 0 Å². The molecule has 19 heavy (non-hydrogen) atoms. The van der Waals surface area contributed by atoms with Crippen LogP contribution in [0.2, 0.25) is 0 Å². The average molecular weight is 274 g/mol. The van der Waals surface area contributed by atoms with Crippen molar-refractivity contribution in [3.8, 4) is 0 Å². The van der Waals surface area contributed by atoms with Crippen LogP contribution in [-0.2, 0) is 11.0 Å². The van der Waals surface area contributed by atoms with Crippen molar-refractivity contribution in [2.24, 2.45) is 5.41 Å². The van der Waals surface area contributed by atoms with Crippen LogP contribution < -0.4 is 0 Å². The summed E-state index contributed by atoms with van der Waals surface area (Å²) in [6.07, 6.45) is -3.98. The number of hydrogen-bond acceptors (Lipinski definition) is 1. The van der Waals surface area contributed by atoms with Crippen LogP contribution in [0.5, 0.6) is 0 Å². The third kappa shape index (κ3) is 3.98. The summed E-state index contributed by atoms with van der Waals surface area (Å²) in [5, 5.41) is 9.04. The number of hydrogen-bond donors (Lipinski definition) is 1. The minimum Gasteiger partial charge on any atom is -0.481 e. The van der Waals surface area contributed by atoms with Gasteiger partial charge in [0.25, 0.3) is 0 Å². The first-order valence-electron chi connectivity index (χ1n) is 5.94. The molecule has 0 aliphatic heterocycles. The highest BCUT2D eigenvalue weighted by atomic mass is 19.4. The molecule has 0 aliphatic rings. The summed E-state index contributed by atoms with van der Waals surface area (Å²) in [6.45, 7) is 5.03. The predicted molar refractivity (Wildman–Crippen MR) is 65.9 cm³/mol. The van der Waals surface area contributed by atoms with Crippen molar-refractivity contribution >= 4 is 5.97 Å². The van der Waals surface area contributed by atoms with Crippen LogP contribution in [0, 0.1) is 5.41 Å². The van der Waals surface area contributed by atoms with Gasteiger partial charge in [0.05, 0.1) is 11.0 Å². The predicted octanol–water partition coefficient (Wildman–Crippen LogP) is 4.31. The van der Waals surface area contributed by atoms with E-state index in [9.17, 15) is 18.0 Å². The maximum Gasteiger partial charge on any atom is 0.416 e. The molecule has 0 bridgehead atoms. The summed E-state index contributed by atoms with van der Waals surface area (Å²) in [7, 11) is 0. The van der Waals surface area contributed by atoms with E-state index in [0.29, 0.717) is 12.0 Å². The Kier molecular flexibility index (Phi) is 4.28. The van der Waals surface area contributed by atoms with Crippen LogP contribution in [0.25, 0.3) is 0 Å². The Hall–Kier alpha value is -1.52. The molecule has 5 heteroatoms. The third-order valence-corrected chi connectivity index (χ3v) is 3.20. The minimum absolute atomic E-state index is 0.117. The molecule has 0 aromatic heterocycles. The standard InChI is InChI=1S/C14H17F3O2/c1-9(8-13(2,3)12(18)19)10-4-6-11(7-5-10)14(15,16)17/h4-7,9H,8H2,1-3H3,(H,18,19). The molecule has 1 N–H and O–H groups in total. The molecule has 0 spiro atoms. The molecule has 106 valence electrons. The van der Waals surface area contributed by atoms with Gasteiger partial charge in [-0.3, -0.25) is 4.79 Å². The molecule has 1 unspecified atom stereocenters. The molecule has 0 saturated heterocycles. The number of carboxylic acids is 1. The molecular weight excluding hydrogens is 257 g/mol. The molecule has 0 amide bonds. The van der Waals surface area contributed by atoms with Crippen molar-refractivity contribution in [1.82, 2.24) is 0 Å². The highest BCUT2D eigenvalue weighted by Gasteiger charge is 2.31. The summed E-state index contributed by atoms with van der Waals surface area (Å²) in [6, 6.07) is 4.87. The fraction of sp³-hybridized carbons (Fsp3) is 0.500. The lowest BCUT2D eigenvalue weighted by Gasteiger charge is -2.24. The zero-order valence-corrected chi connectivity index (χ0v) is 11.1. The quantitative estimate of drug-likeness (QED) is 0.888. The van der Waals surface area contributed by atoms with E-state index < -0.39 is 23.1 Å². The van der Waals surface area contributed by atoms with Crippen LogP contribution in [0.1, 0.15) is 44.2 Å². The second kappa shape index (κ2) is 5.23. The minimum atomic E-state index is -4.35. The number of alkyl halides is 3. The normalized spacial score (nSPS) is 14.2. The lowest BCUT2D eigenvalue weighted by atomic mass is 9.81. The van der Waals surface area contributed by atoms with Crippen molar-refractivity contribution < 1.29 is 23.1 Å². The second-order valence-electron chi connectivity index (χ2n) is 5.41. The van der Waals surface area contributed by atoms with Crippen LogP contribution in [0.15, 0.2) is 24.3 Å². The van der Waals surface area contributed by atoms with Gasteiger partial charge in [0, 0.05) is 0 Å². The Morgan fingerprint density at radius 1 is 1.21 bits per heavy atom. The molecular formula is C14H17F3O2. The molecule has 0 heterocycles. The molecule has 2 nitrogen and oxygen atoms in total. The summed E-state index contributed by atoms with van der Waals surface area (Å²) in [4.78, 5) is 11.0. The first kappa shape index (κ1) is 15.5. The van der Waals surface area contributed by atoms with Crippen molar-refractivity contribution in [3.05, 3.63) is 35.4 Å². The third-order valence-electron chi connectivity index (χ3n) is 3.20. The second-order valence-corrected chi connectivity index (χ2v) is 5.41. The summed E-state index contributed by atoms with van der Waals surface area (Å²) < 4.78 is 37.3. The molecule has 1 atom stereocenters. The number of benzene rings is 1. The number of aliphatic carboxylic acids is 1. The number of halogens is 3. The van der Waals surface area contributed by atoms with Gasteiger partial charge in [-0.25, -0.2) is 0 Å². The van der Waals surface area contributed by atoms with Gasteiger partial charge in [-0.15, -0.1) is 0 Å². The van der Waals surface area contributed by atoms with E-state index in [1.54, 1.807) is 13.8 Å². The van der Waals surface area contributed by atoms with Crippen LogP contribution in [-0.4, -0.2) is 11.1 Å². The van der Waals surface area contributed by atoms with Crippen molar-refractivity contribution in [2.45, 2.75) is 39.3 Å². The Bertz CT molecular complexity index is 447. The lowest BCUT2D eigenvalue weighted by Crippen LogP contribution is -2.25. The van der Waals surface area contributed by atoms with Gasteiger partial charge in [-0.05, 0) is 43.9 Å². The van der Waals surface area contributed by atoms with Crippen LogP contribution in [0.4, 0.5) is 13.2 Å². The topological polar surface area (TPSA) is 37.3 Å². The maximum absolute atomic E-state index is 12.4. The summed E-state index contributed by atoms with van der Waals surface area (Å²) in [5.41, 5.74) is -0.884. The van der Waals surface area contributed by atoms with E-state index in [2.05, 4.69) is 0 Å². The van der Waals surface area contributed by atoms with Crippen molar-refractivity contribution in [3.63, 3.8) is 0 Å². The fourth-order valence-electron chi connectivity index (χ4n) is 1.97. The molecule has 0 saturated carbocycles.